The Balaban J connectivity index is 2.13. The van der Waals surface area contributed by atoms with Crippen LogP contribution in [0, 0.1) is 5.41 Å². The Kier molecular flexibility index (Phi) is 3.76. The van der Waals surface area contributed by atoms with Crippen molar-refractivity contribution in [3.8, 4) is 0 Å². The maximum absolute atomic E-state index is 12.0. The summed E-state index contributed by atoms with van der Waals surface area (Å²) in [5.74, 6) is -0.278. The van der Waals surface area contributed by atoms with Gasteiger partial charge in [0, 0.05) is 18.6 Å². The molecule has 2 N–H and O–H groups in total. The third-order valence-corrected chi connectivity index (χ3v) is 2.84. The van der Waals surface area contributed by atoms with Crippen LogP contribution < -0.4 is 5.32 Å². The van der Waals surface area contributed by atoms with Crippen molar-refractivity contribution in [3.05, 3.63) is 36.2 Å². The number of nitrogens with zero attached hydrogens (tertiary/aromatic N) is 2. The molecule has 5 nitrogen and oxygen atoms in total. The number of amides is 1. The molecule has 100 valence electrons. The fraction of sp³-hybridized carbons (Fsp3) is 0.357. The molecule has 0 saturated carbocycles. The van der Waals surface area contributed by atoms with Gasteiger partial charge >= 0.3 is 0 Å². The number of fused-ring (bicyclic) bond motifs is 1. The highest BCUT2D eigenvalue weighted by Crippen LogP contribution is 2.12. The van der Waals surface area contributed by atoms with Crippen LogP contribution in [0.25, 0.3) is 11.0 Å². The number of aliphatic hydroxyl groups excluding tert-OH is 1. The Morgan fingerprint density at radius 2 is 2.00 bits per heavy atom. The van der Waals surface area contributed by atoms with E-state index in [4.69, 9.17) is 5.11 Å². The average Bonchev–Trinajstić information content (AvgIpc) is 2.44. The molecule has 1 aromatic carbocycles. The van der Waals surface area contributed by atoms with E-state index in [9.17, 15) is 4.79 Å². The number of hydrogen-bond acceptors (Lipinski definition) is 4. The maximum Gasteiger partial charge on any atom is 0.271 e. The second kappa shape index (κ2) is 5.32. The molecule has 0 unspecified atom stereocenters. The first kappa shape index (κ1) is 13.4. The molecule has 5 heteroatoms. The molecule has 0 aliphatic heterocycles. The summed E-state index contributed by atoms with van der Waals surface area (Å²) in [5, 5.41) is 11.9. The fourth-order valence-corrected chi connectivity index (χ4v) is 1.53. The van der Waals surface area contributed by atoms with Gasteiger partial charge in [-0.15, -0.1) is 0 Å². The molecule has 1 amide bonds. The van der Waals surface area contributed by atoms with Crippen LogP contribution in [-0.4, -0.2) is 34.1 Å². The van der Waals surface area contributed by atoms with Crippen LogP contribution >= 0.6 is 0 Å². The molecule has 0 radical (unpaired) electrons. The molecule has 0 aliphatic rings. The largest absolute Gasteiger partial charge is 0.396 e. The average molecular weight is 259 g/mol. The molecular weight excluding hydrogens is 242 g/mol. The smallest absolute Gasteiger partial charge is 0.271 e. The number of nitrogens with one attached hydrogen (secondary N) is 1. The Hall–Kier alpha value is -2.01. The van der Waals surface area contributed by atoms with Crippen molar-refractivity contribution in [3.63, 3.8) is 0 Å². The van der Waals surface area contributed by atoms with Gasteiger partial charge in [-0.25, -0.2) is 4.98 Å². The van der Waals surface area contributed by atoms with Crippen LogP contribution in [0.15, 0.2) is 30.5 Å². The van der Waals surface area contributed by atoms with Gasteiger partial charge < -0.3 is 10.4 Å². The highest BCUT2D eigenvalue weighted by molar-refractivity contribution is 5.93. The second-order valence-electron chi connectivity index (χ2n) is 5.25. The normalized spacial score (nSPS) is 11.5. The predicted molar refractivity (Wildman–Crippen MR) is 72.7 cm³/mol. The van der Waals surface area contributed by atoms with Gasteiger partial charge in [0.1, 0.15) is 5.69 Å². The van der Waals surface area contributed by atoms with Gasteiger partial charge in [0.05, 0.1) is 17.2 Å². The Morgan fingerprint density at radius 3 is 2.68 bits per heavy atom. The van der Waals surface area contributed by atoms with Crippen molar-refractivity contribution in [2.45, 2.75) is 13.8 Å². The monoisotopic (exact) mass is 259 g/mol. The number of hydrogen-bond donors (Lipinski definition) is 2. The van der Waals surface area contributed by atoms with Crippen LogP contribution in [-0.2, 0) is 0 Å². The molecule has 1 aromatic heterocycles. The third-order valence-electron chi connectivity index (χ3n) is 2.84. The summed E-state index contributed by atoms with van der Waals surface area (Å²) >= 11 is 0. The van der Waals surface area contributed by atoms with E-state index in [1.165, 1.54) is 6.20 Å². The topological polar surface area (TPSA) is 75.1 Å². The summed E-state index contributed by atoms with van der Waals surface area (Å²) < 4.78 is 0. The SMILES string of the molecule is CC(C)(CO)CNC(=O)c1cnc2ccccc2n1. The standard InChI is InChI=1S/C14H17N3O2/c1-14(2,9-18)8-16-13(19)12-7-15-10-5-3-4-6-11(10)17-12/h3-7,18H,8-9H2,1-2H3,(H,16,19). The molecule has 0 atom stereocenters. The van der Waals surface area contributed by atoms with Crippen molar-refractivity contribution in [1.29, 1.82) is 0 Å². The Morgan fingerprint density at radius 1 is 1.32 bits per heavy atom. The van der Waals surface area contributed by atoms with E-state index >= 15 is 0 Å². The number of para-hydroxylation sites is 2. The van der Waals surface area contributed by atoms with Gasteiger partial charge in [-0.2, -0.15) is 0 Å². The molecule has 2 aromatic rings. The fourth-order valence-electron chi connectivity index (χ4n) is 1.53. The number of rotatable bonds is 4. The lowest BCUT2D eigenvalue weighted by Gasteiger charge is -2.21. The van der Waals surface area contributed by atoms with Crippen molar-refractivity contribution in [2.24, 2.45) is 5.41 Å². The number of benzene rings is 1. The molecule has 1 heterocycles. The third kappa shape index (κ3) is 3.26. The zero-order valence-corrected chi connectivity index (χ0v) is 11.1. The van der Waals surface area contributed by atoms with E-state index in [0.717, 1.165) is 5.52 Å². The van der Waals surface area contributed by atoms with E-state index in [1.807, 2.05) is 38.1 Å². The summed E-state index contributed by atoms with van der Waals surface area (Å²) in [4.78, 5) is 20.4. The highest BCUT2D eigenvalue weighted by Gasteiger charge is 2.18. The minimum absolute atomic E-state index is 0.0106. The minimum atomic E-state index is -0.347. The summed E-state index contributed by atoms with van der Waals surface area (Å²) in [7, 11) is 0. The predicted octanol–water partition coefficient (Wildman–Crippen LogP) is 1.38. The lowest BCUT2D eigenvalue weighted by molar-refractivity contribution is 0.0906. The molecule has 0 fully saturated rings. The van der Waals surface area contributed by atoms with Crippen molar-refractivity contribution in [2.75, 3.05) is 13.2 Å². The van der Waals surface area contributed by atoms with E-state index in [2.05, 4.69) is 15.3 Å². The maximum atomic E-state index is 12.0. The minimum Gasteiger partial charge on any atom is -0.396 e. The zero-order valence-electron chi connectivity index (χ0n) is 11.1. The summed E-state index contributed by atoms with van der Waals surface area (Å²) in [6.07, 6.45) is 1.46. The zero-order chi connectivity index (χ0) is 13.9. The van der Waals surface area contributed by atoms with Gasteiger partial charge in [-0.3, -0.25) is 9.78 Å². The quantitative estimate of drug-likeness (QED) is 0.869. The van der Waals surface area contributed by atoms with Gasteiger partial charge in [-0.05, 0) is 12.1 Å². The molecular formula is C14H17N3O2. The van der Waals surface area contributed by atoms with Crippen molar-refractivity contribution in [1.82, 2.24) is 15.3 Å². The Labute approximate surface area is 111 Å². The lowest BCUT2D eigenvalue weighted by Crippen LogP contribution is -2.36. The first-order chi connectivity index (χ1) is 9.02. The molecule has 0 saturated heterocycles. The lowest BCUT2D eigenvalue weighted by atomic mass is 9.95. The van der Waals surface area contributed by atoms with Crippen molar-refractivity contribution >= 4 is 16.9 Å². The summed E-state index contributed by atoms with van der Waals surface area (Å²) in [6.45, 7) is 4.15. The molecule has 0 bridgehead atoms. The van der Waals surface area contributed by atoms with Gasteiger partial charge in [0.25, 0.3) is 5.91 Å². The molecule has 0 aliphatic carbocycles. The van der Waals surface area contributed by atoms with E-state index in [0.29, 0.717) is 12.1 Å². The molecule has 0 spiro atoms. The number of aliphatic hydroxyl groups is 1. The van der Waals surface area contributed by atoms with Gasteiger partial charge in [0.15, 0.2) is 0 Å². The van der Waals surface area contributed by atoms with Crippen LogP contribution in [0.5, 0.6) is 0 Å². The van der Waals surface area contributed by atoms with E-state index in [-0.39, 0.29) is 23.6 Å². The van der Waals surface area contributed by atoms with Crippen LogP contribution in [0.2, 0.25) is 0 Å². The first-order valence-corrected chi connectivity index (χ1v) is 6.13. The number of carbonyl (C=O) groups is 1. The van der Waals surface area contributed by atoms with Crippen LogP contribution in [0.1, 0.15) is 24.3 Å². The number of aromatic nitrogens is 2. The second-order valence-corrected chi connectivity index (χ2v) is 5.25. The summed E-state index contributed by atoms with van der Waals surface area (Å²) in [6, 6.07) is 7.39. The highest BCUT2D eigenvalue weighted by atomic mass is 16.3. The van der Waals surface area contributed by atoms with Crippen LogP contribution in [0.3, 0.4) is 0 Å². The van der Waals surface area contributed by atoms with E-state index in [1.54, 1.807) is 0 Å². The summed E-state index contributed by atoms with van der Waals surface area (Å²) in [5.41, 5.74) is 1.39. The molecule has 2 rings (SSSR count). The van der Waals surface area contributed by atoms with Crippen LogP contribution in [0.4, 0.5) is 0 Å². The molecule has 19 heavy (non-hydrogen) atoms. The van der Waals surface area contributed by atoms with Crippen molar-refractivity contribution < 1.29 is 9.90 Å². The number of carbonyl (C=O) groups excluding carboxylic acids is 1. The van der Waals surface area contributed by atoms with Gasteiger partial charge in [-0.1, -0.05) is 26.0 Å². The first-order valence-electron chi connectivity index (χ1n) is 6.13. The van der Waals surface area contributed by atoms with Gasteiger partial charge in [0.2, 0.25) is 0 Å². The van der Waals surface area contributed by atoms with E-state index < -0.39 is 0 Å². The Bertz CT molecular complexity index is 596.